The smallest absolute Gasteiger partial charge is 0.115 e. The molecule has 104 valence electrons. The molecule has 0 saturated carbocycles. The van der Waals surface area contributed by atoms with E-state index in [9.17, 15) is 0 Å². The second-order valence-corrected chi connectivity index (χ2v) is 3.85. The van der Waals surface area contributed by atoms with Crippen molar-refractivity contribution in [2.75, 3.05) is 0 Å². The lowest BCUT2D eigenvalue weighted by Crippen LogP contribution is -1.66. The molecule has 0 fully saturated rings. The number of aromatic hydroxyl groups is 2. The molecule has 1 heterocycles. The molecule has 0 atom stereocenters. The van der Waals surface area contributed by atoms with Gasteiger partial charge in [0.2, 0.25) is 0 Å². The molecular formula is C16H18N2O2. The van der Waals surface area contributed by atoms with E-state index in [-0.39, 0.29) is 0 Å². The number of nitrogens with zero attached hydrogens (tertiary/aromatic N) is 1. The van der Waals surface area contributed by atoms with Crippen LogP contribution in [0.3, 0.4) is 0 Å². The van der Waals surface area contributed by atoms with Gasteiger partial charge in [-0.05, 0) is 31.2 Å². The first-order valence-corrected chi connectivity index (χ1v) is 6.12. The lowest BCUT2D eigenvalue weighted by atomic mass is 10.3. The minimum Gasteiger partial charge on any atom is -0.508 e. The average molecular weight is 270 g/mol. The van der Waals surface area contributed by atoms with E-state index in [1.807, 2.05) is 19.1 Å². The largest absolute Gasteiger partial charge is 0.508 e. The lowest BCUT2D eigenvalue weighted by Gasteiger charge is -1.82. The Hall–Kier alpha value is -2.75. The zero-order valence-corrected chi connectivity index (χ0v) is 11.3. The molecule has 0 radical (unpaired) electrons. The van der Waals surface area contributed by atoms with Crippen LogP contribution in [0.5, 0.6) is 11.5 Å². The number of nitrogens with one attached hydrogen (secondary N) is 1. The predicted octanol–water partition coefficient (Wildman–Crippen LogP) is 3.50. The minimum absolute atomic E-state index is 0.322. The van der Waals surface area contributed by atoms with Crippen molar-refractivity contribution in [1.82, 2.24) is 9.97 Å². The molecule has 0 aliphatic carbocycles. The number of rotatable bonds is 0. The number of aromatic nitrogens is 2. The van der Waals surface area contributed by atoms with Crippen molar-refractivity contribution in [2.24, 2.45) is 0 Å². The Kier molecular flexibility index (Phi) is 7.05. The fourth-order valence-electron chi connectivity index (χ4n) is 1.20. The van der Waals surface area contributed by atoms with Gasteiger partial charge in [0, 0.05) is 12.4 Å². The van der Waals surface area contributed by atoms with E-state index in [1.165, 1.54) is 0 Å². The summed E-state index contributed by atoms with van der Waals surface area (Å²) in [4.78, 5) is 6.75. The van der Waals surface area contributed by atoms with Gasteiger partial charge in [-0.25, -0.2) is 4.98 Å². The molecule has 3 aromatic rings. The van der Waals surface area contributed by atoms with Crippen LogP contribution in [0.2, 0.25) is 0 Å². The number of phenolic OH excluding ortho intramolecular Hbond substituents is 2. The second-order valence-electron chi connectivity index (χ2n) is 3.85. The fraction of sp³-hybridized carbons (Fsp3) is 0.0625. The van der Waals surface area contributed by atoms with Gasteiger partial charge in [-0.3, -0.25) is 0 Å². The summed E-state index contributed by atoms with van der Waals surface area (Å²) in [6.07, 6.45) is 3.53. The average Bonchev–Trinajstić information content (AvgIpc) is 2.93. The summed E-state index contributed by atoms with van der Waals surface area (Å²) in [6.45, 7) is 1.92. The quantitative estimate of drug-likeness (QED) is 0.585. The summed E-state index contributed by atoms with van der Waals surface area (Å²) in [7, 11) is 0. The Morgan fingerprint density at radius 2 is 1.25 bits per heavy atom. The van der Waals surface area contributed by atoms with Gasteiger partial charge in [-0.1, -0.05) is 36.4 Å². The molecule has 3 N–H and O–H groups in total. The van der Waals surface area contributed by atoms with Gasteiger partial charge in [-0.2, -0.15) is 0 Å². The van der Waals surface area contributed by atoms with Crippen LogP contribution in [0, 0.1) is 6.92 Å². The standard InChI is InChI=1S/2C6H6O.C4H6N2/c2*7-6-4-2-1-3-5-6;1-4-5-2-3-6-4/h2*1-5,7H;2-3H,1H3,(H,5,6). The van der Waals surface area contributed by atoms with E-state index in [0.717, 1.165) is 5.82 Å². The summed E-state index contributed by atoms with van der Waals surface area (Å²) >= 11 is 0. The lowest BCUT2D eigenvalue weighted by molar-refractivity contribution is 0.475. The van der Waals surface area contributed by atoms with Gasteiger partial charge in [0.05, 0.1) is 0 Å². The van der Waals surface area contributed by atoms with E-state index in [1.54, 1.807) is 60.9 Å². The number of aromatic amines is 1. The van der Waals surface area contributed by atoms with E-state index in [4.69, 9.17) is 10.2 Å². The molecule has 0 saturated heterocycles. The number of phenols is 2. The third-order valence-electron chi connectivity index (χ3n) is 2.15. The number of imidazole rings is 1. The minimum atomic E-state index is 0.322. The van der Waals surface area contributed by atoms with Crippen molar-refractivity contribution in [1.29, 1.82) is 0 Å². The zero-order chi connectivity index (χ0) is 14.6. The SMILES string of the molecule is Cc1ncc[nH]1.Oc1ccccc1.Oc1ccccc1. The molecule has 2 aromatic carbocycles. The van der Waals surface area contributed by atoms with E-state index >= 15 is 0 Å². The third kappa shape index (κ3) is 7.55. The van der Waals surface area contributed by atoms with Gasteiger partial charge >= 0.3 is 0 Å². The summed E-state index contributed by atoms with van der Waals surface area (Å²) in [5, 5.41) is 17.3. The Labute approximate surface area is 118 Å². The zero-order valence-electron chi connectivity index (χ0n) is 11.3. The Balaban J connectivity index is 0.000000151. The van der Waals surface area contributed by atoms with Crippen LogP contribution in [-0.2, 0) is 0 Å². The van der Waals surface area contributed by atoms with Gasteiger partial charge in [0.25, 0.3) is 0 Å². The van der Waals surface area contributed by atoms with Crippen molar-refractivity contribution in [2.45, 2.75) is 6.92 Å². The monoisotopic (exact) mass is 270 g/mol. The van der Waals surface area contributed by atoms with Gasteiger partial charge in [-0.15, -0.1) is 0 Å². The first kappa shape index (κ1) is 15.3. The maximum absolute atomic E-state index is 8.63. The van der Waals surface area contributed by atoms with Crippen molar-refractivity contribution in [3.8, 4) is 11.5 Å². The van der Waals surface area contributed by atoms with E-state index < -0.39 is 0 Å². The molecule has 4 nitrogen and oxygen atoms in total. The molecule has 0 aliphatic rings. The molecular weight excluding hydrogens is 252 g/mol. The van der Waals surface area contributed by atoms with Gasteiger partial charge in [0.1, 0.15) is 17.3 Å². The molecule has 3 rings (SSSR count). The van der Waals surface area contributed by atoms with Crippen LogP contribution in [-0.4, -0.2) is 20.2 Å². The number of benzene rings is 2. The van der Waals surface area contributed by atoms with Gasteiger partial charge < -0.3 is 15.2 Å². The molecule has 20 heavy (non-hydrogen) atoms. The highest BCUT2D eigenvalue weighted by atomic mass is 16.3. The summed E-state index contributed by atoms with van der Waals surface area (Å²) in [6, 6.07) is 17.4. The normalized spacial score (nSPS) is 8.65. The third-order valence-corrected chi connectivity index (χ3v) is 2.15. The second kappa shape index (κ2) is 9.22. The fourth-order valence-corrected chi connectivity index (χ4v) is 1.20. The Bertz CT molecular complexity index is 514. The number of aryl methyl sites for hydroxylation is 1. The molecule has 0 unspecified atom stereocenters. The highest BCUT2D eigenvalue weighted by Crippen LogP contribution is 2.03. The Morgan fingerprint density at radius 1 is 0.800 bits per heavy atom. The molecule has 0 amide bonds. The van der Waals surface area contributed by atoms with Crippen LogP contribution in [0.15, 0.2) is 73.1 Å². The predicted molar refractivity (Wildman–Crippen MR) is 79.5 cm³/mol. The Morgan fingerprint density at radius 3 is 1.40 bits per heavy atom. The number of hydrogen-bond acceptors (Lipinski definition) is 3. The van der Waals surface area contributed by atoms with Crippen molar-refractivity contribution in [3.05, 3.63) is 78.9 Å². The first-order valence-electron chi connectivity index (χ1n) is 6.12. The summed E-state index contributed by atoms with van der Waals surface area (Å²) in [5.74, 6) is 1.61. The first-order chi connectivity index (χ1) is 9.68. The molecule has 0 aliphatic heterocycles. The highest BCUT2D eigenvalue weighted by molar-refractivity contribution is 5.19. The van der Waals surface area contributed by atoms with Crippen molar-refractivity contribution in [3.63, 3.8) is 0 Å². The molecule has 1 aromatic heterocycles. The molecule has 4 heteroatoms. The molecule has 0 spiro atoms. The van der Waals surface area contributed by atoms with Crippen LogP contribution >= 0.6 is 0 Å². The summed E-state index contributed by atoms with van der Waals surface area (Å²) in [5.41, 5.74) is 0. The maximum atomic E-state index is 8.63. The van der Waals surface area contributed by atoms with Crippen LogP contribution in [0.25, 0.3) is 0 Å². The van der Waals surface area contributed by atoms with Crippen LogP contribution in [0.1, 0.15) is 5.82 Å². The molecule has 0 bridgehead atoms. The van der Waals surface area contributed by atoms with Crippen molar-refractivity contribution >= 4 is 0 Å². The van der Waals surface area contributed by atoms with Crippen LogP contribution in [0.4, 0.5) is 0 Å². The van der Waals surface area contributed by atoms with E-state index in [2.05, 4.69) is 9.97 Å². The van der Waals surface area contributed by atoms with E-state index in [0.29, 0.717) is 11.5 Å². The van der Waals surface area contributed by atoms with Crippen molar-refractivity contribution < 1.29 is 10.2 Å². The topological polar surface area (TPSA) is 69.1 Å². The highest BCUT2D eigenvalue weighted by Gasteiger charge is 1.75. The number of hydrogen-bond donors (Lipinski definition) is 3. The number of para-hydroxylation sites is 2. The van der Waals surface area contributed by atoms with Gasteiger partial charge in [0.15, 0.2) is 0 Å². The maximum Gasteiger partial charge on any atom is 0.115 e. The van der Waals surface area contributed by atoms with Crippen LogP contribution < -0.4 is 0 Å². The number of H-pyrrole nitrogens is 1. The summed E-state index contributed by atoms with van der Waals surface area (Å²) < 4.78 is 0.